The first kappa shape index (κ1) is 11.5. The quantitative estimate of drug-likeness (QED) is 0.792. The Balaban J connectivity index is 1.69. The molecule has 3 heterocycles. The first-order valence-electron chi connectivity index (χ1n) is 5.92. The van der Waals surface area contributed by atoms with Gasteiger partial charge in [0.05, 0.1) is 11.9 Å². The van der Waals surface area contributed by atoms with Crippen molar-refractivity contribution in [2.75, 3.05) is 11.7 Å². The van der Waals surface area contributed by atoms with Crippen molar-refractivity contribution in [1.82, 2.24) is 19.2 Å². The van der Waals surface area contributed by atoms with Crippen molar-refractivity contribution in [3.8, 4) is 0 Å². The van der Waals surface area contributed by atoms with Crippen LogP contribution in [0.2, 0.25) is 0 Å². The third-order valence-corrected chi connectivity index (χ3v) is 2.89. The van der Waals surface area contributed by atoms with Crippen LogP contribution < -0.4 is 10.6 Å². The average molecular weight is 258 g/mol. The molecule has 98 valence electrons. The molecule has 0 spiro atoms. The third-order valence-electron chi connectivity index (χ3n) is 2.89. The first-order chi connectivity index (χ1) is 9.22. The summed E-state index contributed by atoms with van der Waals surface area (Å²) in [6.45, 7) is 1.09. The largest absolute Gasteiger partial charge is 0.323 e. The van der Waals surface area contributed by atoms with Crippen LogP contribution in [-0.2, 0) is 13.7 Å². The van der Waals surface area contributed by atoms with Crippen molar-refractivity contribution >= 4 is 12.0 Å². The Labute approximate surface area is 110 Å². The Bertz CT molecular complexity index is 658. The molecule has 0 unspecified atom stereocenters. The highest BCUT2D eigenvalue weighted by atomic mass is 16.1. The molecule has 0 aromatic carbocycles. The summed E-state index contributed by atoms with van der Waals surface area (Å²) in [6.07, 6.45) is 7.15. The SMILES string of the molecule is Cn1cc(N2CN(Cn3ccccc3=O)C=N2)cn1. The van der Waals surface area contributed by atoms with E-state index < -0.39 is 0 Å². The predicted octanol–water partition coefficient (Wildman–Crippen LogP) is 0.262. The Hall–Kier alpha value is -2.57. The average Bonchev–Trinajstić information content (AvgIpc) is 3.01. The van der Waals surface area contributed by atoms with E-state index in [4.69, 9.17) is 0 Å². The molecule has 0 fully saturated rings. The molecular weight excluding hydrogens is 244 g/mol. The van der Waals surface area contributed by atoms with E-state index in [1.807, 2.05) is 29.2 Å². The minimum Gasteiger partial charge on any atom is -0.323 e. The van der Waals surface area contributed by atoms with E-state index in [0.29, 0.717) is 13.3 Å². The molecule has 0 aliphatic carbocycles. The fourth-order valence-corrected chi connectivity index (χ4v) is 1.92. The number of nitrogens with zero attached hydrogens (tertiary/aromatic N) is 6. The summed E-state index contributed by atoms with van der Waals surface area (Å²) >= 11 is 0. The lowest BCUT2D eigenvalue weighted by atomic mass is 10.5. The van der Waals surface area contributed by atoms with Gasteiger partial charge in [-0.1, -0.05) is 6.07 Å². The van der Waals surface area contributed by atoms with Crippen LogP contribution >= 0.6 is 0 Å². The fourth-order valence-electron chi connectivity index (χ4n) is 1.92. The second-order valence-electron chi connectivity index (χ2n) is 4.38. The van der Waals surface area contributed by atoms with E-state index in [1.54, 1.807) is 40.1 Å². The number of aromatic nitrogens is 3. The van der Waals surface area contributed by atoms with Crippen LogP contribution in [0.15, 0.2) is 46.7 Å². The fraction of sp³-hybridized carbons (Fsp3) is 0.250. The van der Waals surface area contributed by atoms with Crippen LogP contribution in [0.4, 0.5) is 5.69 Å². The van der Waals surface area contributed by atoms with Crippen LogP contribution in [0.5, 0.6) is 0 Å². The van der Waals surface area contributed by atoms with Gasteiger partial charge in [0.25, 0.3) is 5.56 Å². The van der Waals surface area contributed by atoms with Crippen LogP contribution in [-0.4, -0.2) is 32.3 Å². The van der Waals surface area contributed by atoms with E-state index in [9.17, 15) is 4.79 Å². The maximum absolute atomic E-state index is 11.6. The summed E-state index contributed by atoms with van der Waals surface area (Å²) in [4.78, 5) is 13.6. The highest BCUT2D eigenvalue weighted by molar-refractivity contribution is 5.62. The maximum atomic E-state index is 11.6. The molecule has 0 saturated carbocycles. The molecule has 2 aromatic rings. The molecule has 0 atom stereocenters. The Morgan fingerprint density at radius 1 is 1.37 bits per heavy atom. The predicted molar refractivity (Wildman–Crippen MR) is 71.6 cm³/mol. The molecule has 0 amide bonds. The molecule has 3 rings (SSSR count). The van der Waals surface area contributed by atoms with Gasteiger partial charge in [-0.25, -0.2) is 5.01 Å². The van der Waals surface area contributed by atoms with Crippen molar-refractivity contribution in [1.29, 1.82) is 0 Å². The summed E-state index contributed by atoms with van der Waals surface area (Å²) in [7, 11) is 1.87. The Kier molecular flexibility index (Phi) is 2.79. The smallest absolute Gasteiger partial charge is 0.251 e. The molecule has 1 aliphatic heterocycles. The van der Waals surface area contributed by atoms with E-state index in [2.05, 4.69) is 10.2 Å². The van der Waals surface area contributed by atoms with Crippen LogP contribution in [0.3, 0.4) is 0 Å². The topological polar surface area (TPSA) is 58.7 Å². The van der Waals surface area contributed by atoms with E-state index in [-0.39, 0.29) is 5.56 Å². The summed E-state index contributed by atoms with van der Waals surface area (Å²) < 4.78 is 3.37. The van der Waals surface area contributed by atoms with Crippen molar-refractivity contribution in [2.24, 2.45) is 12.1 Å². The number of rotatable bonds is 3. The Morgan fingerprint density at radius 3 is 3.00 bits per heavy atom. The van der Waals surface area contributed by atoms with Gasteiger partial charge < -0.3 is 4.90 Å². The summed E-state index contributed by atoms with van der Waals surface area (Å²) in [5.41, 5.74) is 0.914. The Morgan fingerprint density at radius 2 is 2.26 bits per heavy atom. The molecule has 0 bridgehead atoms. The molecular formula is C12H14N6O. The van der Waals surface area contributed by atoms with Crippen molar-refractivity contribution < 1.29 is 0 Å². The summed E-state index contributed by atoms with van der Waals surface area (Å²) in [5, 5.41) is 10.2. The zero-order chi connectivity index (χ0) is 13.2. The van der Waals surface area contributed by atoms with E-state index in [0.717, 1.165) is 5.69 Å². The minimum atomic E-state index is -0.0178. The molecule has 2 aromatic heterocycles. The maximum Gasteiger partial charge on any atom is 0.251 e. The number of hydrogen-bond donors (Lipinski definition) is 0. The van der Waals surface area contributed by atoms with Gasteiger partial charge in [-0.2, -0.15) is 10.2 Å². The molecule has 19 heavy (non-hydrogen) atoms. The number of pyridine rings is 1. The molecule has 1 aliphatic rings. The zero-order valence-corrected chi connectivity index (χ0v) is 10.5. The standard InChI is InChI=1S/C12H14N6O/c1-15-7-11(6-13-15)18-10-16(8-14-18)9-17-5-3-2-4-12(17)19/h2-8H,9-10H2,1H3. The monoisotopic (exact) mass is 258 g/mol. The van der Waals surface area contributed by atoms with Gasteiger partial charge in [-0.15, -0.1) is 0 Å². The van der Waals surface area contributed by atoms with E-state index >= 15 is 0 Å². The lowest BCUT2D eigenvalue weighted by Gasteiger charge is -2.18. The first-order valence-corrected chi connectivity index (χ1v) is 5.92. The van der Waals surface area contributed by atoms with Gasteiger partial charge in [-0.3, -0.25) is 14.0 Å². The second-order valence-corrected chi connectivity index (χ2v) is 4.38. The minimum absolute atomic E-state index is 0.0178. The lowest BCUT2D eigenvalue weighted by Crippen LogP contribution is -2.32. The van der Waals surface area contributed by atoms with Gasteiger partial charge in [0, 0.05) is 25.5 Å². The molecule has 0 saturated heterocycles. The van der Waals surface area contributed by atoms with Crippen molar-refractivity contribution in [3.05, 3.63) is 47.1 Å². The summed E-state index contributed by atoms with van der Waals surface area (Å²) in [5.74, 6) is 0. The molecule has 0 radical (unpaired) electrons. The van der Waals surface area contributed by atoms with Crippen LogP contribution in [0, 0.1) is 0 Å². The zero-order valence-electron chi connectivity index (χ0n) is 10.5. The highest BCUT2D eigenvalue weighted by Gasteiger charge is 2.16. The van der Waals surface area contributed by atoms with Crippen LogP contribution in [0.1, 0.15) is 0 Å². The number of anilines is 1. The van der Waals surface area contributed by atoms with Gasteiger partial charge in [0.2, 0.25) is 0 Å². The molecule has 7 nitrogen and oxygen atoms in total. The van der Waals surface area contributed by atoms with Crippen LogP contribution in [0.25, 0.3) is 0 Å². The molecule has 0 N–H and O–H groups in total. The number of aryl methyl sites for hydroxylation is 1. The van der Waals surface area contributed by atoms with Gasteiger partial charge in [-0.05, 0) is 6.07 Å². The van der Waals surface area contributed by atoms with E-state index in [1.165, 1.54) is 0 Å². The van der Waals surface area contributed by atoms with Gasteiger partial charge in [0.1, 0.15) is 19.7 Å². The van der Waals surface area contributed by atoms with Crippen molar-refractivity contribution in [2.45, 2.75) is 6.67 Å². The summed E-state index contributed by atoms with van der Waals surface area (Å²) in [6, 6.07) is 5.12. The lowest BCUT2D eigenvalue weighted by molar-refractivity contribution is 0.364. The second kappa shape index (κ2) is 4.60. The molecule has 7 heteroatoms. The third kappa shape index (κ3) is 2.35. The number of hydrogen-bond acceptors (Lipinski definition) is 5. The highest BCUT2D eigenvalue weighted by Crippen LogP contribution is 2.16. The normalized spacial score (nSPS) is 14.4. The van der Waals surface area contributed by atoms with Crippen molar-refractivity contribution in [3.63, 3.8) is 0 Å². The van der Waals surface area contributed by atoms with Gasteiger partial charge >= 0.3 is 0 Å². The van der Waals surface area contributed by atoms with Gasteiger partial charge in [0.15, 0.2) is 0 Å². The number of hydrazone groups is 1.